The van der Waals surface area contributed by atoms with Crippen LogP contribution in [0.4, 0.5) is 5.69 Å². The van der Waals surface area contributed by atoms with Crippen molar-refractivity contribution in [2.75, 3.05) is 0 Å². The van der Waals surface area contributed by atoms with Crippen molar-refractivity contribution in [3.05, 3.63) is 38.9 Å². The van der Waals surface area contributed by atoms with E-state index in [1.807, 2.05) is 13.8 Å². The summed E-state index contributed by atoms with van der Waals surface area (Å²) in [5.41, 5.74) is 0.700. The van der Waals surface area contributed by atoms with Gasteiger partial charge in [-0.05, 0) is 25.5 Å². The number of hydrogen-bond donors (Lipinski definition) is 0. The van der Waals surface area contributed by atoms with E-state index in [-0.39, 0.29) is 17.0 Å². The molecular weight excluding hydrogens is 249 g/mol. The summed E-state index contributed by atoms with van der Waals surface area (Å²) in [6.07, 6.45) is 0.742. The summed E-state index contributed by atoms with van der Waals surface area (Å²) >= 11 is 11.9. The lowest BCUT2D eigenvalue weighted by atomic mass is 9.92. The van der Waals surface area contributed by atoms with Crippen molar-refractivity contribution >= 4 is 28.9 Å². The van der Waals surface area contributed by atoms with E-state index in [1.54, 1.807) is 6.07 Å². The molecule has 0 aliphatic rings. The lowest BCUT2D eigenvalue weighted by Crippen LogP contribution is -2.10. The first-order valence-electron chi connectivity index (χ1n) is 5.05. The lowest BCUT2D eigenvalue weighted by molar-refractivity contribution is -0.385. The van der Waals surface area contributed by atoms with Crippen molar-refractivity contribution in [2.45, 2.75) is 31.6 Å². The molecule has 88 valence electrons. The van der Waals surface area contributed by atoms with E-state index in [1.165, 1.54) is 12.1 Å². The van der Waals surface area contributed by atoms with Gasteiger partial charge in [-0.25, -0.2) is 0 Å². The summed E-state index contributed by atoms with van der Waals surface area (Å²) in [5.74, 6) is -0.0548. The van der Waals surface area contributed by atoms with Crippen molar-refractivity contribution in [2.24, 2.45) is 0 Å². The molecule has 0 aliphatic heterocycles. The van der Waals surface area contributed by atoms with Gasteiger partial charge in [-0.15, -0.1) is 11.6 Å². The number of halogens is 2. The Morgan fingerprint density at radius 3 is 2.56 bits per heavy atom. The molecule has 0 N–H and O–H groups in total. The Balaban J connectivity index is 3.27. The molecule has 5 heteroatoms. The number of rotatable bonds is 4. The number of alkyl halides is 1. The molecule has 0 aromatic heterocycles. The first kappa shape index (κ1) is 13.3. The van der Waals surface area contributed by atoms with Gasteiger partial charge >= 0.3 is 0 Å². The van der Waals surface area contributed by atoms with Gasteiger partial charge in [0.2, 0.25) is 0 Å². The number of nitrogens with zero attached hydrogens (tertiary/aromatic N) is 1. The Kier molecular flexibility index (Phi) is 4.56. The standard InChI is InChI=1S/C11H13Cl2NO2/c1-3-9(7(2)12)10-6-8(13)4-5-11(10)14(15)16/h4-7,9H,3H2,1-2H3. The van der Waals surface area contributed by atoms with Gasteiger partial charge < -0.3 is 0 Å². The van der Waals surface area contributed by atoms with Crippen molar-refractivity contribution in [1.29, 1.82) is 0 Å². The number of hydrogen-bond acceptors (Lipinski definition) is 2. The second-order valence-electron chi connectivity index (χ2n) is 3.65. The summed E-state index contributed by atoms with van der Waals surface area (Å²) in [5, 5.41) is 11.2. The molecule has 0 saturated carbocycles. The largest absolute Gasteiger partial charge is 0.273 e. The van der Waals surface area contributed by atoms with Gasteiger partial charge in [0.1, 0.15) is 0 Å². The van der Waals surface area contributed by atoms with E-state index in [9.17, 15) is 10.1 Å². The zero-order valence-corrected chi connectivity index (χ0v) is 10.6. The van der Waals surface area contributed by atoms with Crippen LogP contribution in [0.15, 0.2) is 18.2 Å². The highest BCUT2D eigenvalue weighted by molar-refractivity contribution is 6.30. The minimum absolute atomic E-state index is 0.0548. The molecule has 0 aliphatic carbocycles. The van der Waals surface area contributed by atoms with Gasteiger partial charge in [0.25, 0.3) is 5.69 Å². The minimum Gasteiger partial charge on any atom is -0.258 e. The van der Waals surface area contributed by atoms with Gasteiger partial charge in [-0.3, -0.25) is 10.1 Å². The van der Waals surface area contributed by atoms with Gasteiger partial charge in [0, 0.05) is 27.9 Å². The molecule has 0 bridgehead atoms. The van der Waals surface area contributed by atoms with Crippen LogP contribution < -0.4 is 0 Å². The van der Waals surface area contributed by atoms with Crippen LogP contribution in [0.25, 0.3) is 0 Å². The molecule has 3 nitrogen and oxygen atoms in total. The van der Waals surface area contributed by atoms with Crippen LogP contribution in [-0.4, -0.2) is 10.3 Å². The highest BCUT2D eigenvalue weighted by Crippen LogP contribution is 2.35. The Hall–Kier alpha value is -0.800. The summed E-state index contributed by atoms with van der Waals surface area (Å²) in [4.78, 5) is 10.5. The highest BCUT2D eigenvalue weighted by Gasteiger charge is 2.24. The molecule has 0 fully saturated rings. The lowest BCUT2D eigenvalue weighted by Gasteiger charge is -2.17. The first-order valence-corrected chi connectivity index (χ1v) is 5.86. The predicted octanol–water partition coefficient (Wildman–Crippen LogP) is 4.37. The second-order valence-corrected chi connectivity index (χ2v) is 4.78. The smallest absolute Gasteiger partial charge is 0.258 e. The van der Waals surface area contributed by atoms with Gasteiger partial charge in [0.05, 0.1) is 4.92 Å². The summed E-state index contributed by atoms with van der Waals surface area (Å²) in [6.45, 7) is 3.79. The predicted molar refractivity (Wildman–Crippen MR) is 66.5 cm³/mol. The van der Waals surface area contributed by atoms with Crippen LogP contribution in [0, 0.1) is 10.1 Å². The maximum atomic E-state index is 10.9. The Morgan fingerprint density at radius 2 is 2.12 bits per heavy atom. The number of benzene rings is 1. The van der Waals surface area contributed by atoms with Crippen LogP contribution in [0.3, 0.4) is 0 Å². The van der Waals surface area contributed by atoms with Crippen LogP contribution in [0.2, 0.25) is 5.02 Å². The zero-order valence-electron chi connectivity index (χ0n) is 9.11. The molecule has 2 unspecified atom stereocenters. The molecule has 0 radical (unpaired) electrons. The van der Waals surface area contributed by atoms with Gasteiger partial charge in [0.15, 0.2) is 0 Å². The fourth-order valence-corrected chi connectivity index (χ4v) is 2.28. The van der Waals surface area contributed by atoms with Crippen molar-refractivity contribution in [3.63, 3.8) is 0 Å². The highest BCUT2D eigenvalue weighted by atomic mass is 35.5. The summed E-state index contributed by atoms with van der Waals surface area (Å²) in [7, 11) is 0. The number of nitro groups is 1. The molecule has 1 aromatic rings. The second kappa shape index (κ2) is 5.51. The summed E-state index contributed by atoms with van der Waals surface area (Å²) < 4.78 is 0. The average Bonchev–Trinajstić information content (AvgIpc) is 2.17. The maximum absolute atomic E-state index is 10.9. The monoisotopic (exact) mass is 261 g/mol. The summed E-state index contributed by atoms with van der Waals surface area (Å²) in [6, 6.07) is 4.58. The number of nitro benzene ring substituents is 1. The average molecular weight is 262 g/mol. The van der Waals surface area contributed by atoms with Crippen LogP contribution in [-0.2, 0) is 0 Å². The Bertz CT molecular complexity index is 394. The molecule has 2 atom stereocenters. The van der Waals surface area contributed by atoms with E-state index in [2.05, 4.69) is 0 Å². The van der Waals surface area contributed by atoms with Gasteiger partial charge in [-0.2, -0.15) is 0 Å². The normalized spacial score (nSPS) is 14.5. The molecule has 0 spiro atoms. The van der Waals surface area contributed by atoms with Crippen LogP contribution in [0.1, 0.15) is 31.7 Å². The van der Waals surface area contributed by atoms with E-state index in [4.69, 9.17) is 23.2 Å². The molecular formula is C11H13Cl2NO2. The van der Waals surface area contributed by atoms with Crippen molar-refractivity contribution in [1.82, 2.24) is 0 Å². The molecule has 0 amide bonds. The fraction of sp³-hybridized carbons (Fsp3) is 0.455. The van der Waals surface area contributed by atoms with E-state index in [0.29, 0.717) is 10.6 Å². The Labute approximate surface area is 105 Å². The third-order valence-electron chi connectivity index (χ3n) is 2.58. The van der Waals surface area contributed by atoms with Gasteiger partial charge in [-0.1, -0.05) is 18.5 Å². The van der Waals surface area contributed by atoms with E-state index in [0.717, 1.165) is 6.42 Å². The van der Waals surface area contributed by atoms with Crippen molar-refractivity contribution < 1.29 is 4.92 Å². The minimum atomic E-state index is -0.395. The molecule has 1 rings (SSSR count). The first-order chi connectivity index (χ1) is 7.47. The Morgan fingerprint density at radius 1 is 1.50 bits per heavy atom. The van der Waals surface area contributed by atoms with Crippen LogP contribution >= 0.6 is 23.2 Å². The fourth-order valence-electron chi connectivity index (χ4n) is 1.78. The topological polar surface area (TPSA) is 43.1 Å². The third-order valence-corrected chi connectivity index (χ3v) is 3.12. The van der Waals surface area contributed by atoms with Crippen molar-refractivity contribution in [3.8, 4) is 0 Å². The van der Waals surface area contributed by atoms with Crippen LogP contribution in [0.5, 0.6) is 0 Å². The quantitative estimate of drug-likeness (QED) is 0.459. The van der Waals surface area contributed by atoms with E-state index >= 15 is 0 Å². The SMILES string of the molecule is CCC(c1cc(Cl)ccc1[N+](=O)[O-])C(C)Cl. The molecule has 1 aromatic carbocycles. The molecule has 16 heavy (non-hydrogen) atoms. The third kappa shape index (κ3) is 2.86. The van der Waals surface area contributed by atoms with E-state index < -0.39 is 4.92 Å². The zero-order chi connectivity index (χ0) is 12.3. The maximum Gasteiger partial charge on any atom is 0.273 e. The molecule has 0 heterocycles. The molecule has 0 saturated heterocycles.